The van der Waals surface area contributed by atoms with E-state index in [2.05, 4.69) is 10.4 Å². The number of hydrogen-bond acceptors (Lipinski definition) is 3. The van der Waals surface area contributed by atoms with Gasteiger partial charge in [-0.3, -0.25) is 9.48 Å². The highest BCUT2D eigenvalue weighted by Gasteiger charge is 2.30. The molecule has 0 fully saturated rings. The summed E-state index contributed by atoms with van der Waals surface area (Å²) in [6, 6.07) is 8.65. The predicted molar refractivity (Wildman–Crippen MR) is 107 cm³/mol. The molecule has 154 valence electrons. The summed E-state index contributed by atoms with van der Waals surface area (Å²) in [5, 5.41) is 7.14. The van der Waals surface area contributed by atoms with Gasteiger partial charge in [0.1, 0.15) is 17.3 Å². The molecule has 1 aliphatic heterocycles. The van der Waals surface area contributed by atoms with Crippen molar-refractivity contribution in [3.05, 3.63) is 70.4 Å². The van der Waals surface area contributed by atoms with Gasteiger partial charge in [-0.25, -0.2) is 13.6 Å². The fraction of sp³-hybridized carbons (Fsp3) is 0.150. The molecular weight excluding hydrogens is 416 g/mol. The third-order valence-corrected chi connectivity index (χ3v) is 5.11. The number of hydrogen-bond donors (Lipinski definition) is 2. The van der Waals surface area contributed by atoms with E-state index >= 15 is 0 Å². The van der Waals surface area contributed by atoms with Gasteiger partial charge in [0.05, 0.1) is 35.1 Å². The fourth-order valence-electron chi connectivity index (χ4n) is 3.36. The number of nitrogens with zero attached hydrogens (tertiary/aromatic N) is 3. The van der Waals surface area contributed by atoms with Crippen LogP contribution in [-0.4, -0.2) is 33.2 Å². The number of benzene rings is 2. The molecule has 4 rings (SSSR count). The first kappa shape index (κ1) is 19.8. The van der Waals surface area contributed by atoms with E-state index in [-0.39, 0.29) is 28.5 Å². The summed E-state index contributed by atoms with van der Waals surface area (Å²) in [6.45, 7) is 0.722. The van der Waals surface area contributed by atoms with Gasteiger partial charge in [0.15, 0.2) is 0 Å². The first-order chi connectivity index (χ1) is 14.3. The van der Waals surface area contributed by atoms with Crippen molar-refractivity contribution < 1.29 is 18.4 Å². The second-order valence-electron chi connectivity index (χ2n) is 6.74. The Hall–Kier alpha value is -3.46. The van der Waals surface area contributed by atoms with Crippen molar-refractivity contribution in [2.75, 3.05) is 11.9 Å². The molecule has 10 heteroatoms. The average Bonchev–Trinajstić information content (AvgIpc) is 3.09. The highest BCUT2D eigenvalue weighted by Crippen LogP contribution is 2.31. The van der Waals surface area contributed by atoms with Crippen LogP contribution in [0.3, 0.4) is 0 Å². The molecule has 7 nitrogen and oxygen atoms in total. The van der Waals surface area contributed by atoms with Crippen LogP contribution in [0, 0.1) is 11.6 Å². The van der Waals surface area contributed by atoms with Gasteiger partial charge in [-0.2, -0.15) is 5.10 Å². The van der Waals surface area contributed by atoms with Gasteiger partial charge in [-0.15, -0.1) is 0 Å². The highest BCUT2D eigenvalue weighted by atomic mass is 35.5. The van der Waals surface area contributed by atoms with Crippen LogP contribution in [-0.2, 0) is 13.1 Å². The Labute approximate surface area is 175 Å². The lowest BCUT2D eigenvalue weighted by Crippen LogP contribution is -2.42. The largest absolute Gasteiger partial charge is 0.351 e. The number of primary amides is 1. The van der Waals surface area contributed by atoms with Gasteiger partial charge in [0.2, 0.25) is 0 Å². The third kappa shape index (κ3) is 3.71. The minimum atomic E-state index is -0.623. The third-order valence-electron chi connectivity index (χ3n) is 4.80. The summed E-state index contributed by atoms with van der Waals surface area (Å²) in [5.41, 5.74) is 6.87. The molecule has 0 bridgehead atoms. The smallest absolute Gasteiger partial charge is 0.315 e. The van der Waals surface area contributed by atoms with Gasteiger partial charge in [-0.05, 0) is 30.3 Å². The number of nitrogens with two attached hydrogens (primary N) is 1. The number of anilines is 1. The van der Waals surface area contributed by atoms with Crippen LogP contribution < -0.4 is 11.1 Å². The Morgan fingerprint density at radius 3 is 2.57 bits per heavy atom. The Bertz CT molecular complexity index is 1160. The molecule has 1 aromatic heterocycles. The monoisotopic (exact) mass is 431 g/mol. The molecule has 0 saturated carbocycles. The van der Waals surface area contributed by atoms with E-state index in [4.69, 9.17) is 17.3 Å². The standard InChI is InChI=1S/C20H16ClF2N5O2/c21-14-9-13(23)4-5-15(14)25-19(29)17-16-10-27(20(24)30)6-7-28(16)26-18(17)11-2-1-3-12(22)8-11/h1-5,8-9H,6-7,10H2,(H2,24,30)(H,25,29). The van der Waals surface area contributed by atoms with Crippen molar-refractivity contribution in [2.24, 2.45) is 5.73 Å². The van der Waals surface area contributed by atoms with Crippen molar-refractivity contribution in [1.29, 1.82) is 0 Å². The number of rotatable bonds is 3. The number of carbonyl (C=O) groups excluding carboxylic acids is 2. The van der Waals surface area contributed by atoms with Crippen LogP contribution in [0.1, 0.15) is 16.1 Å². The molecule has 3 amide bonds. The van der Waals surface area contributed by atoms with Crippen molar-refractivity contribution in [3.8, 4) is 11.3 Å². The zero-order valence-electron chi connectivity index (χ0n) is 15.5. The molecule has 3 aromatic rings. The van der Waals surface area contributed by atoms with Gasteiger partial charge in [0, 0.05) is 12.1 Å². The number of urea groups is 1. The quantitative estimate of drug-likeness (QED) is 0.663. The van der Waals surface area contributed by atoms with Crippen molar-refractivity contribution in [2.45, 2.75) is 13.1 Å². The minimum absolute atomic E-state index is 0.0236. The van der Waals surface area contributed by atoms with Crippen LogP contribution in [0.15, 0.2) is 42.5 Å². The number of fused-ring (bicyclic) bond motifs is 1. The van der Waals surface area contributed by atoms with Gasteiger partial charge < -0.3 is 16.0 Å². The van der Waals surface area contributed by atoms with E-state index in [9.17, 15) is 18.4 Å². The molecule has 0 saturated heterocycles. The maximum atomic E-state index is 13.8. The van der Waals surface area contributed by atoms with Crippen LogP contribution in [0.5, 0.6) is 0 Å². The maximum Gasteiger partial charge on any atom is 0.315 e. The van der Waals surface area contributed by atoms with Crippen LogP contribution in [0.4, 0.5) is 19.3 Å². The maximum absolute atomic E-state index is 13.8. The molecule has 0 atom stereocenters. The number of nitrogens with one attached hydrogen (secondary N) is 1. The topological polar surface area (TPSA) is 93.2 Å². The van der Waals surface area contributed by atoms with E-state index in [1.54, 1.807) is 10.7 Å². The zero-order chi connectivity index (χ0) is 21.4. The van der Waals surface area contributed by atoms with Crippen LogP contribution in [0.25, 0.3) is 11.3 Å². The highest BCUT2D eigenvalue weighted by molar-refractivity contribution is 6.34. The molecule has 0 spiro atoms. The molecular formula is C20H16ClF2N5O2. The van der Waals surface area contributed by atoms with Crippen LogP contribution >= 0.6 is 11.6 Å². The van der Waals surface area contributed by atoms with E-state index in [1.165, 1.54) is 29.2 Å². The van der Waals surface area contributed by atoms with Gasteiger partial charge in [-0.1, -0.05) is 23.7 Å². The van der Waals surface area contributed by atoms with Gasteiger partial charge in [0.25, 0.3) is 5.91 Å². The zero-order valence-corrected chi connectivity index (χ0v) is 16.3. The molecule has 0 unspecified atom stereocenters. The summed E-state index contributed by atoms with van der Waals surface area (Å²) in [6.07, 6.45) is 0. The van der Waals surface area contributed by atoms with E-state index in [0.717, 1.165) is 12.1 Å². The predicted octanol–water partition coefficient (Wildman–Crippen LogP) is 3.63. The van der Waals surface area contributed by atoms with Crippen molar-refractivity contribution >= 4 is 29.2 Å². The average molecular weight is 432 g/mol. The van der Waals surface area contributed by atoms with Crippen molar-refractivity contribution in [1.82, 2.24) is 14.7 Å². The Morgan fingerprint density at radius 2 is 1.87 bits per heavy atom. The lowest BCUT2D eigenvalue weighted by atomic mass is 10.0. The summed E-state index contributed by atoms with van der Waals surface area (Å²) in [4.78, 5) is 26.2. The number of halogens is 3. The first-order valence-electron chi connectivity index (χ1n) is 9.00. The Morgan fingerprint density at radius 1 is 1.10 bits per heavy atom. The fourth-order valence-corrected chi connectivity index (χ4v) is 3.57. The minimum Gasteiger partial charge on any atom is -0.351 e. The van der Waals surface area contributed by atoms with E-state index < -0.39 is 23.6 Å². The lowest BCUT2D eigenvalue weighted by molar-refractivity contribution is 0.102. The number of amides is 3. The second kappa shape index (κ2) is 7.75. The SMILES string of the molecule is NC(=O)N1CCn2nc(-c3cccc(F)c3)c(C(=O)Nc3ccc(F)cc3Cl)c2C1. The molecule has 30 heavy (non-hydrogen) atoms. The van der Waals surface area contributed by atoms with E-state index in [0.29, 0.717) is 24.3 Å². The molecule has 0 radical (unpaired) electrons. The molecule has 2 heterocycles. The Kier molecular flexibility index (Phi) is 5.13. The normalized spacial score (nSPS) is 13.1. The number of carbonyl (C=O) groups is 2. The summed E-state index contributed by atoms with van der Waals surface area (Å²) < 4.78 is 28.7. The second-order valence-corrected chi connectivity index (χ2v) is 7.15. The van der Waals surface area contributed by atoms with Crippen LogP contribution in [0.2, 0.25) is 5.02 Å². The Balaban J connectivity index is 1.80. The van der Waals surface area contributed by atoms with Crippen molar-refractivity contribution in [3.63, 3.8) is 0 Å². The van der Waals surface area contributed by atoms with E-state index in [1.807, 2.05) is 0 Å². The molecule has 1 aliphatic rings. The summed E-state index contributed by atoms with van der Waals surface area (Å²) >= 11 is 6.03. The molecule has 0 aliphatic carbocycles. The molecule has 3 N–H and O–H groups in total. The number of aromatic nitrogens is 2. The summed E-state index contributed by atoms with van der Waals surface area (Å²) in [5.74, 6) is -1.60. The molecule has 2 aromatic carbocycles. The van der Waals surface area contributed by atoms with Gasteiger partial charge >= 0.3 is 6.03 Å². The lowest BCUT2D eigenvalue weighted by Gasteiger charge is -2.26. The first-order valence-corrected chi connectivity index (χ1v) is 9.37. The summed E-state index contributed by atoms with van der Waals surface area (Å²) in [7, 11) is 0.